The number of benzene rings is 2. The monoisotopic (exact) mass is 279 g/mol. The summed E-state index contributed by atoms with van der Waals surface area (Å²) >= 11 is 0. The normalized spacial score (nSPS) is 34.8. The number of hydrogen-bond donors (Lipinski definition) is 1. The molecule has 0 saturated carbocycles. The second-order valence-corrected chi connectivity index (χ2v) is 6.36. The van der Waals surface area contributed by atoms with Crippen LogP contribution in [0.3, 0.4) is 0 Å². The summed E-state index contributed by atoms with van der Waals surface area (Å²) in [6.45, 7) is 3.22. The van der Waals surface area contributed by atoms with Gasteiger partial charge in [0.2, 0.25) is 0 Å². The molecule has 21 heavy (non-hydrogen) atoms. The number of nitrogens with one attached hydrogen (secondary N) is 1. The molecule has 2 heterocycles. The van der Waals surface area contributed by atoms with Crippen LogP contribution < -0.4 is 5.32 Å². The summed E-state index contributed by atoms with van der Waals surface area (Å²) in [7, 11) is 0. The van der Waals surface area contributed by atoms with Crippen molar-refractivity contribution >= 4 is 0 Å². The van der Waals surface area contributed by atoms with Gasteiger partial charge in [0.15, 0.2) is 0 Å². The van der Waals surface area contributed by atoms with Crippen LogP contribution in [0.2, 0.25) is 0 Å². The molecule has 1 unspecified atom stereocenters. The summed E-state index contributed by atoms with van der Waals surface area (Å²) < 4.78 is 5.91. The van der Waals surface area contributed by atoms with Gasteiger partial charge in [-0.05, 0) is 17.5 Å². The van der Waals surface area contributed by atoms with Crippen molar-refractivity contribution in [3.05, 3.63) is 71.8 Å². The predicted octanol–water partition coefficient (Wildman–Crippen LogP) is 3.87. The first kappa shape index (κ1) is 13.1. The third kappa shape index (κ3) is 2.29. The third-order valence-electron chi connectivity index (χ3n) is 5.14. The van der Waals surface area contributed by atoms with E-state index < -0.39 is 0 Å². The van der Waals surface area contributed by atoms with E-state index in [1.807, 2.05) is 0 Å². The smallest absolute Gasteiger partial charge is 0.0978 e. The average Bonchev–Trinajstić information content (AvgIpc) is 3.32. The molecular weight excluding hydrogens is 258 g/mol. The quantitative estimate of drug-likeness (QED) is 0.844. The molecule has 2 heteroatoms. The fourth-order valence-corrected chi connectivity index (χ4v) is 3.67. The van der Waals surface area contributed by atoms with Crippen molar-refractivity contribution in [2.45, 2.75) is 31.0 Å². The van der Waals surface area contributed by atoms with Crippen molar-refractivity contribution in [3.63, 3.8) is 0 Å². The minimum Gasteiger partial charge on any atom is -0.369 e. The first-order chi connectivity index (χ1) is 10.3. The lowest BCUT2D eigenvalue weighted by atomic mass is 9.75. The van der Waals surface area contributed by atoms with E-state index in [0.717, 1.165) is 13.0 Å². The molecule has 0 aromatic heterocycles. The zero-order chi connectivity index (χ0) is 14.3. The maximum Gasteiger partial charge on any atom is 0.0978 e. The molecule has 2 fully saturated rings. The highest BCUT2D eigenvalue weighted by Gasteiger charge is 2.56. The standard InChI is InChI=1S/C19H21NO/c1-14-18(16-10-6-3-7-11-16)20-17(12-19(14)13-21-19)15-8-4-2-5-9-15/h2-11,14,17-18,20H,12-13H2,1H3/t14-,17-,18+,19?/m1/s1. The summed E-state index contributed by atoms with van der Waals surface area (Å²) in [5.74, 6) is 0.500. The molecule has 1 spiro atoms. The molecule has 2 nitrogen and oxygen atoms in total. The lowest BCUT2D eigenvalue weighted by Crippen LogP contribution is -2.45. The van der Waals surface area contributed by atoms with E-state index in [2.05, 4.69) is 72.9 Å². The van der Waals surface area contributed by atoms with E-state index in [9.17, 15) is 0 Å². The van der Waals surface area contributed by atoms with Gasteiger partial charge in [0, 0.05) is 18.0 Å². The topological polar surface area (TPSA) is 24.6 Å². The number of hydrogen-bond acceptors (Lipinski definition) is 2. The van der Waals surface area contributed by atoms with Gasteiger partial charge in [-0.15, -0.1) is 0 Å². The van der Waals surface area contributed by atoms with Crippen LogP contribution in [-0.2, 0) is 4.74 Å². The Morgan fingerprint density at radius 3 is 2.10 bits per heavy atom. The molecule has 2 aromatic carbocycles. The lowest BCUT2D eigenvalue weighted by Gasteiger charge is -2.40. The van der Waals surface area contributed by atoms with Crippen molar-refractivity contribution in [2.24, 2.45) is 5.92 Å². The molecule has 108 valence electrons. The van der Waals surface area contributed by atoms with Gasteiger partial charge in [0.1, 0.15) is 0 Å². The molecule has 2 aromatic rings. The van der Waals surface area contributed by atoms with Crippen LogP contribution in [0.15, 0.2) is 60.7 Å². The molecule has 2 saturated heterocycles. The molecule has 4 atom stereocenters. The maximum atomic E-state index is 5.91. The lowest BCUT2D eigenvalue weighted by molar-refractivity contribution is 0.111. The van der Waals surface area contributed by atoms with E-state index in [1.54, 1.807) is 0 Å². The molecule has 0 radical (unpaired) electrons. The number of ether oxygens (including phenoxy) is 1. The Balaban J connectivity index is 1.67. The minimum atomic E-state index is 0.0757. The summed E-state index contributed by atoms with van der Waals surface area (Å²) in [6, 6.07) is 22.2. The van der Waals surface area contributed by atoms with Crippen LogP contribution >= 0.6 is 0 Å². The molecule has 0 aliphatic carbocycles. The van der Waals surface area contributed by atoms with Crippen molar-refractivity contribution in [1.29, 1.82) is 0 Å². The second-order valence-electron chi connectivity index (χ2n) is 6.36. The van der Waals surface area contributed by atoms with Gasteiger partial charge < -0.3 is 10.1 Å². The summed E-state index contributed by atoms with van der Waals surface area (Å²) in [6.07, 6.45) is 1.07. The molecular formula is C19H21NO. The zero-order valence-electron chi connectivity index (χ0n) is 12.3. The van der Waals surface area contributed by atoms with Gasteiger partial charge in [0.25, 0.3) is 0 Å². The van der Waals surface area contributed by atoms with Gasteiger partial charge in [-0.2, -0.15) is 0 Å². The maximum absolute atomic E-state index is 5.91. The van der Waals surface area contributed by atoms with Crippen LogP contribution in [0.1, 0.15) is 36.6 Å². The highest BCUT2D eigenvalue weighted by molar-refractivity contribution is 5.28. The van der Waals surface area contributed by atoms with Gasteiger partial charge in [-0.3, -0.25) is 0 Å². The van der Waals surface area contributed by atoms with E-state index >= 15 is 0 Å². The number of rotatable bonds is 2. The Morgan fingerprint density at radius 1 is 0.952 bits per heavy atom. The van der Waals surface area contributed by atoms with Crippen LogP contribution in [-0.4, -0.2) is 12.2 Å². The molecule has 4 rings (SSSR count). The van der Waals surface area contributed by atoms with Crippen LogP contribution in [0.5, 0.6) is 0 Å². The van der Waals surface area contributed by atoms with Crippen LogP contribution in [0.4, 0.5) is 0 Å². The van der Waals surface area contributed by atoms with Crippen molar-refractivity contribution < 1.29 is 4.74 Å². The number of piperidine rings is 1. The fraction of sp³-hybridized carbons (Fsp3) is 0.368. The average molecular weight is 279 g/mol. The fourth-order valence-electron chi connectivity index (χ4n) is 3.67. The van der Waals surface area contributed by atoms with Crippen molar-refractivity contribution in [3.8, 4) is 0 Å². The Labute approximate surface area is 126 Å². The second kappa shape index (κ2) is 4.97. The molecule has 2 aliphatic heterocycles. The Hall–Kier alpha value is -1.64. The van der Waals surface area contributed by atoms with Crippen LogP contribution in [0.25, 0.3) is 0 Å². The summed E-state index contributed by atoms with van der Waals surface area (Å²) in [5, 5.41) is 3.85. The van der Waals surface area contributed by atoms with Gasteiger partial charge >= 0.3 is 0 Å². The predicted molar refractivity (Wildman–Crippen MR) is 84.0 cm³/mol. The van der Waals surface area contributed by atoms with Crippen molar-refractivity contribution in [1.82, 2.24) is 5.32 Å². The van der Waals surface area contributed by atoms with Gasteiger partial charge in [-0.25, -0.2) is 0 Å². The molecule has 2 aliphatic rings. The molecule has 1 N–H and O–H groups in total. The highest BCUT2D eigenvalue weighted by Crippen LogP contribution is 2.51. The number of epoxide rings is 1. The van der Waals surface area contributed by atoms with Gasteiger partial charge in [-0.1, -0.05) is 67.6 Å². The van der Waals surface area contributed by atoms with E-state index in [1.165, 1.54) is 11.1 Å². The van der Waals surface area contributed by atoms with Crippen molar-refractivity contribution in [2.75, 3.05) is 6.61 Å². The van der Waals surface area contributed by atoms with E-state index in [0.29, 0.717) is 18.0 Å². The Morgan fingerprint density at radius 2 is 1.52 bits per heavy atom. The Bertz CT molecular complexity index is 606. The van der Waals surface area contributed by atoms with Crippen LogP contribution in [0, 0.1) is 5.92 Å². The first-order valence-corrected chi connectivity index (χ1v) is 7.78. The summed E-state index contributed by atoms with van der Waals surface area (Å²) in [5.41, 5.74) is 2.80. The summed E-state index contributed by atoms with van der Waals surface area (Å²) in [4.78, 5) is 0. The first-order valence-electron chi connectivity index (χ1n) is 7.78. The minimum absolute atomic E-state index is 0.0757. The molecule has 0 bridgehead atoms. The van der Waals surface area contributed by atoms with E-state index in [4.69, 9.17) is 4.74 Å². The molecule has 0 amide bonds. The van der Waals surface area contributed by atoms with Gasteiger partial charge in [0.05, 0.1) is 12.2 Å². The van der Waals surface area contributed by atoms with E-state index in [-0.39, 0.29) is 5.60 Å². The highest BCUT2D eigenvalue weighted by atomic mass is 16.6. The SMILES string of the molecule is C[C@@H]1[C@@H](c2ccccc2)N[C@@H](c2ccccc2)CC12CO2. The largest absolute Gasteiger partial charge is 0.369 e. The third-order valence-corrected chi connectivity index (χ3v) is 5.14. The zero-order valence-corrected chi connectivity index (χ0v) is 12.3. The Kier molecular flexibility index (Phi) is 3.09.